The summed E-state index contributed by atoms with van der Waals surface area (Å²) in [6, 6.07) is 2.71. The van der Waals surface area contributed by atoms with Gasteiger partial charge in [0.2, 0.25) is 5.91 Å². The highest BCUT2D eigenvalue weighted by Crippen LogP contribution is 2.17. The second-order valence-electron chi connectivity index (χ2n) is 6.45. The van der Waals surface area contributed by atoms with Gasteiger partial charge < -0.3 is 9.88 Å². The Labute approximate surface area is 177 Å². The molecule has 0 aliphatic rings. The van der Waals surface area contributed by atoms with Crippen molar-refractivity contribution in [2.24, 2.45) is 19.1 Å². The lowest BCUT2D eigenvalue weighted by Gasteiger charge is -2.14. The molecule has 0 bridgehead atoms. The molecule has 3 aromatic rings. The largest absolute Gasteiger partial charge is 0.332 e. The predicted octanol–water partition coefficient (Wildman–Crippen LogP) is 1.53. The Morgan fingerprint density at radius 2 is 2.03 bits per heavy atom. The number of rotatable bonds is 5. The van der Waals surface area contributed by atoms with Crippen molar-refractivity contribution in [2.45, 2.75) is 13.0 Å². The minimum atomic E-state index is -0.759. The zero-order valence-electron chi connectivity index (χ0n) is 17.0. The molecule has 3 aromatic heterocycles. The fraction of sp³-hybridized carbons (Fsp3) is 0.263. The summed E-state index contributed by atoms with van der Waals surface area (Å²) in [5.41, 5.74) is 0.202. The minimum absolute atomic E-state index is 0. The van der Waals surface area contributed by atoms with Gasteiger partial charge in [-0.1, -0.05) is 6.58 Å². The first kappa shape index (κ1) is 21.2. The Hall–Kier alpha value is -3.47. The zero-order chi connectivity index (χ0) is 22.0. The molecule has 11 heteroatoms. The fourth-order valence-electron chi connectivity index (χ4n) is 2.94. The third-order valence-electron chi connectivity index (χ3n) is 4.63. The van der Waals surface area contributed by atoms with Gasteiger partial charge in [-0.2, -0.15) is 0 Å². The third kappa shape index (κ3) is 3.71. The topological polar surface area (TPSA) is 116 Å². The number of hydrogen-bond donors (Lipinski definition) is 1. The van der Waals surface area contributed by atoms with Crippen LogP contribution in [0.4, 0.5) is 5.82 Å². The Bertz CT molecular complexity index is 1270. The number of aromatic nitrogens is 5. The number of thioether (sulfide) groups is 1. The maximum Gasteiger partial charge on any atom is 0.332 e. The number of hydrogen-bond acceptors (Lipinski definition) is 7. The molecule has 1 atom stereocenters. The number of anilines is 1. The molecule has 30 heavy (non-hydrogen) atoms. The molecule has 0 radical (unpaired) electrons. The number of aliphatic imine (C=N–C) groups is 1. The minimum Gasteiger partial charge on any atom is -0.312 e. The van der Waals surface area contributed by atoms with E-state index in [-0.39, 0.29) is 18.5 Å². The number of nitrogens with zero attached hydrogens (tertiary/aromatic N) is 6. The van der Waals surface area contributed by atoms with E-state index in [1.54, 1.807) is 25.3 Å². The van der Waals surface area contributed by atoms with E-state index < -0.39 is 17.3 Å². The molecule has 1 amide bonds. The lowest BCUT2D eigenvalue weighted by Crippen LogP contribution is -2.38. The Kier molecular flexibility index (Phi) is 6.01. The molecule has 0 fully saturated rings. The normalized spacial score (nSPS) is 12.7. The molecule has 0 aliphatic heterocycles. The van der Waals surface area contributed by atoms with Crippen molar-refractivity contribution in [3.63, 3.8) is 0 Å². The molecular weight excluding hydrogens is 406 g/mol. The van der Waals surface area contributed by atoms with Crippen molar-refractivity contribution in [1.82, 2.24) is 23.7 Å². The van der Waals surface area contributed by atoms with E-state index >= 15 is 0 Å². The molecule has 0 saturated heterocycles. The molecule has 0 saturated carbocycles. The van der Waals surface area contributed by atoms with Gasteiger partial charge in [-0.25, -0.2) is 19.8 Å². The van der Waals surface area contributed by atoms with Crippen LogP contribution in [0.25, 0.3) is 11.2 Å². The van der Waals surface area contributed by atoms with E-state index in [0.29, 0.717) is 5.82 Å². The molecular formula is C19H23N7O3S. The Balaban J connectivity index is 0.00000341. The summed E-state index contributed by atoms with van der Waals surface area (Å²) in [5, 5.41) is 3.49. The summed E-state index contributed by atoms with van der Waals surface area (Å²) < 4.78 is 3.70. The van der Waals surface area contributed by atoms with Crippen LogP contribution in [0.3, 0.4) is 0 Å². The number of fused-ring (bicyclic) bond motifs is 1. The molecule has 158 valence electrons. The van der Waals surface area contributed by atoms with E-state index in [4.69, 9.17) is 0 Å². The number of aryl methyl sites for hydroxylation is 1. The van der Waals surface area contributed by atoms with E-state index in [1.165, 1.54) is 47.5 Å². The van der Waals surface area contributed by atoms with Crippen LogP contribution in [0.15, 0.2) is 52.0 Å². The van der Waals surface area contributed by atoms with Gasteiger partial charge >= 0.3 is 5.69 Å². The monoisotopic (exact) mass is 429 g/mol. The molecule has 3 rings (SSSR count). The molecule has 0 aromatic carbocycles. The van der Waals surface area contributed by atoms with Crippen LogP contribution in [0, 0.1) is 0 Å². The van der Waals surface area contributed by atoms with Gasteiger partial charge in [-0.3, -0.25) is 18.7 Å². The summed E-state index contributed by atoms with van der Waals surface area (Å²) in [6.07, 6.45) is 6.34. The number of pyridine rings is 1. The lowest BCUT2D eigenvalue weighted by molar-refractivity contribution is -0.118. The van der Waals surface area contributed by atoms with Gasteiger partial charge in [0.1, 0.15) is 16.9 Å². The third-order valence-corrected chi connectivity index (χ3v) is 5.36. The van der Waals surface area contributed by atoms with Crippen LogP contribution in [0.5, 0.6) is 0 Å². The number of carbonyl (C=O) groups excluding carboxylic acids is 1. The molecule has 3 heterocycles. The van der Waals surface area contributed by atoms with Crippen LogP contribution < -0.4 is 16.6 Å². The number of nitrogens with one attached hydrogen (secondary N) is 1. The van der Waals surface area contributed by atoms with E-state index in [0.717, 1.165) is 15.2 Å². The smallest absolute Gasteiger partial charge is 0.312 e. The highest BCUT2D eigenvalue weighted by atomic mass is 32.2. The van der Waals surface area contributed by atoms with Crippen LogP contribution in [0.2, 0.25) is 0 Å². The van der Waals surface area contributed by atoms with Gasteiger partial charge in [0.25, 0.3) is 5.56 Å². The van der Waals surface area contributed by atoms with Gasteiger partial charge in [-0.05, 0) is 25.3 Å². The summed E-state index contributed by atoms with van der Waals surface area (Å²) in [5.74, 6) is -0.0188. The second kappa shape index (κ2) is 8.49. The first-order valence-electron chi connectivity index (χ1n) is 8.92. The summed E-state index contributed by atoms with van der Waals surface area (Å²) in [6.45, 7) is 5.23. The van der Waals surface area contributed by atoms with Crippen molar-refractivity contribution >= 4 is 39.7 Å². The highest BCUT2D eigenvalue weighted by molar-refractivity contribution is 8.13. The predicted molar refractivity (Wildman–Crippen MR) is 120 cm³/mol. The van der Waals surface area contributed by atoms with Crippen molar-refractivity contribution in [3.8, 4) is 0 Å². The van der Waals surface area contributed by atoms with Gasteiger partial charge in [0, 0.05) is 33.5 Å². The maximum absolute atomic E-state index is 12.8. The number of imidazole rings is 1. The lowest BCUT2D eigenvalue weighted by atomic mass is 10.2. The van der Waals surface area contributed by atoms with E-state index in [2.05, 4.69) is 26.9 Å². The molecule has 1 N–H and O–H groups in total. The maximum atomic E-state index is 12.8. The fourth-order valence-corrected chi connectivity index (χ4v) is 3.47. The summed E-state index contributed by atoms with van der Waals surface area (Å²) in [7, 11) is 2.91. The highest BCUT2D eigenvalue weighted by Gasteiger charge is 2.22. The molecule has 1 unspecified atom stereocenters. The average molecular weight is 430 g/mol. The summed E-state index contributed by atoms with van der Waals surface area (Å²) in [4.78, 5) is 50.0. The standard InChI is InChI=1S/C19H21N7O3S.H2/c1-6-20-17(30-5)12-7-8-13(21-9-12)23-16(27)11(2)26-10-22-15-14(26)18(28)25(4)19(29)24(15)3;/h6-11H,1H2,2-5H3,(H,21,23,27);1H. The summed E-state index contributed by atoms with van der Waals surface area (Å²) >= 11 is 1.46. The van der Waals surface area contributed by atoms with Gasteiger partial charge in [0.05, 0.1) is 6.33 Å². The van der Waals surface area contributed by atoms with Gasteiger partial charge in [0.15, 0.2) is 11.2 Å². The average Bonchev–Trinajstić information content (AvgIpc) is 3.20. The van der Waals surface area contributed by atoms with Crippen molar-refractivity contribution in [1.29, 1.82) is 0 Å². The van der Waals surface area contributed by atoms with Crippen LogP contribution in [-0.4, -0.2) is 40.9 Å². The van der Waals surface area contributed by atoms with Crippen molar-refractivity contribution < 1.29 is 6.22 Å². The second-order valence-corrected chi connectivity index (χ2v) is 7.24. The van der Waals surface area contributed by atoms with E-state index in [9.17, 15) is 14.4 Å². The first-order chi connectivity index (χ1) is 14.3. The molecule has 10 nitrogen and oxygen atoms in total. The van der Waals surface area contributed by atoms with E-state index in [1.807, 2.05) is 6.26 Å². The van der Waals surface area contributed by atoms with Crippen LogP contribution >= 0.6 is 11.8 Å². The number of amides is 1. The first-order valence-corrected chi connectivity index (χ1v) is 10.1. The van der Waals surface area contributed by atoms with Crippen molar-refractivity contribution in [2.75, 3.05) is 11.6 Å². The van der Waals surface area contributed by atoms with Gasteiger partial charge in [-0.15, -0.1) is 11.8 Å². The molecule has 0 spiro atoms. The Morgan fingerprint density at radius 3 is 2.63 bits per heavy atom. The van der Waals surface area contributed by atoms with Crippen LogP contribution in [0.1, 0.15) is 20.0 Å². The quantitative estimate of drug-likeness (QED) is 0.486. The van der Waals surface area contributed by atoms with Crippen molar-refractivity contribution in [3.05, 3.63) is 63.8 Å². The Morgan fingerprint density at radius 1 is 1.30 bits per heavy atom. The molecule has 0 aliphatic carbocycles. The SMILES string of the molecule is C=CN=C(SC)c1ccc(NC(=O)C(C)n2cnc3c2c(=O)n(C)c(=O)n3C)nc1.[HH]. The van der Waals surface area contributed by atoms with Crippen LogP contribution in [-0.2, 0) is 18.9 Å². The number of carbonyl (C=O) groups is 1. The zero-order valence-corrected chi connectivity index (χ0v) is 17.8.